The van der Waals surface area contributed by atoms with Crippen molar-refractivity contribution in [3.05, 3.63) is 106 Å². The lowest BCUT2D eigenvalue weighted by Crippen LogP contribution is -2.34. The van der Waals surface area contributed by atoms with Crippen LogP contribution in [0.5, 0.6) is 0 Å². The first-order valence-electron chi connectivity index (χ1n) is 8.99. The Bertz CT molecular complexity index is 957. The normalized spacial score (nSPS) is 10.9. The average Bonchev–Trinajstić information content (AvgIpc) is 2.71. The van der Waals surface area contributed by atoms with Gasteiger partial charge in [0, 0.05) is 0 Å². The number of nitrogens with one attached hydrogen (secondary N) is 1. The van der Waals surface area contributed by atoms with Crippen molar-refractivity contribution in [1.82, 2.24) is 4.90 Å². The Morgan fingerprint density at radius 3 is 2.10 bits per heavy atom. The highest BCUT2D eigenvalue weighted by atomic mass is 19.1. The average molecular weight is 393 g/mol. The van der Waals surface area contributed by atoms with Gasteiger partial charge < -0.3 is 5.32 Å². The summed E-state index contributed by atoms with van der Waals surface area (Å²) in [6, 6.07) is 22.4. The molecule has 0 atom stereocenters. The summed E-state index contributed by atoms with van der Waals surface area (Å²) in [5, 5.41) is 13.7. The molecule has 0 heterocycles. The van der Waals surface area contributed by atoms with Crippen LogP contribution in [0.2, 0.25) is 0 Å². The third-order valence-corrected chi connectivity index (χ3v) is 4.49. The van der Waals surface area contributed by atoms with E-state index in [4.69, 9.17) is 0 Å². The molecule has 0 aromatic heterocycles. The first-order chi connectivity index (χ1) is 14.0. The second-order valence-electron chi connectivity index (χ2n) is 6.61. The number of hydrogen-bond donors (Lipinski definition) is 1. The number of nitro groups is 1. The van der Waals surface area contributed by atoms with Crippen LogP contribution >= 0.6 is 0 Å². The van der Waals surface area contributed by atoms with E-state index < -0.39 is 22.3 Å². The van der Waals surface area contributed by atoms with Gasteiger partial charge in [-0.05, 0) is 30.3 Å². The maximum atomic E-state index is 13.3. The molecule has 6 nitrogen and oxygen atoms in total. The SMILES string of the molecule is CN(CC(=O)Nc1ccc(F)cc1[N+](=O)[O-])C(c1ccccc1)c1ccccc1. The zero-order chi connectivity index (χ0) is 20.8. The van der Waals surface area contributed by atoms with E-state index in [0.29, 0.717) is 0 Å². The molecule has 3 aromatic carbocycles. The van der Waals surface area contributed by atoms with Crippen LogP contribution in [0.25, 0.3) is 0 Å². The third-order valence-electron chi connectivity index (χ3n) is 4.49. The summed E-state index contributed by atoms with van der Waals surface area (Å²) in [6.07, 6.45) is 0. The van der Waals surface area contributed by atoms with E-state index in [1.165, 1.54) is 6.07 Å². The number of carbonyl (C=O) groups is 1. The largest absolute Gasteiger partial charge is 0.319 e. The number of nitrogens with zero attached hydrogens (tertiary/aromatic N) is 2. The smallest absolute Gasteiger partial charge is 0.295 e. The quantitative estimate of drug-likeness (QED) is 0.477. The molecular weight excluding hydrogens is 373 g/mol. The van der Waals surface area contributed by atoms with Gasteiger partial charge in [0.25, 0.3) is 5.69 Å². The summed E-state index contributed by atoms with van der Waals surface area (Å²) in [7, 11) is 1.81. The van der Waals surface area contributed by atoms with Crippen molar-refractivity contribution in [2.45, 2.75) is 6.04 Å². The molecule has 0 radical (unpaired) electrons. The number of amides is 1. The fourth-order valence-electron chi connectivity index (χ4n) is 3.24. The van der Waals surface area contributed by atoms with Crippen molar-refractivity contribution in [3.63, 3.8) is 0 Å². The Morgan fingerprint density at radius 2 is 1.59 bits per heavy atom. The number of hydrogen-bond acceptors (Lipinski definition) is 4. The van der Waals surface area contributed by atoms with Crippen molar-refractivity contribution in [3.8, 4) is 0 Å². The minimum Gasteiger partial charge on any atom is -0.319 e. The van der Waals surface area contributed by atoms with E-state index in [9.17, 15) is 19.3 Å². The fraction of sp³-hybridized carbons (Fsp3) is 0.136. The zero-order valence-electron chi connectivity index (χ0n) is 15.8. The molecule has 1 amide bonds. The molecule has 0 aliphatic heterocycles. The van der Waals surface area contributed by atoms with Crippen molar-refractivity contribution in [1.29, 1.82) is 0 Å². The molecule has 29 heavy (non-hydrogen) atoms. The fourth-order valence-corrected chi connectivity index (χ4v) is 3.24. The van der Waals surface area contributed by atoms with Gasteiger partial charge in [0.15, 0.2) is 0 Å². The van der Waals surface area contributed by atoms with Crippen molar-refractivity contribution in [2.24, 2.45) is 0 Å². The lowest BCUT2D eigenvalue weighted by Gasteiger charge is -2.28. The Balaban J connectivity index is 1.81. The predicted molar refractivity (Wildman–Crippen MR) is 109 cm³/mol. The second kappa shape index (κ2) is 9.07. The molecule has 0 bridgehead atoms. The van der Waals surface area contributed by atoms with Crippen LogP contribution in [0.4, 0.5) is 15.8 Å². The molecule has 3 aromatic rings. The van der Waals surface area contributed by atoms with Gasteiger partial charge in [-0.25, -0.2) is 4.39 Å². The molecule has 0 fully saturated rings. The van der Waals surface area contributed by atoms with Crippen molar-refractivity contribution in [2.75, 3.05) is 18.9 Å². The standard InChI is InChI=1S/C22H20FN3O3/c1-25(15-21(27)24-19-13-12-18(23)14-20(19)26(28)29)22(16-8-4-2-5-9-16)17-10-6-3-7-11-17/h2-14,22H,15H2,1H3,(H,24,27). The van der Waals surface area contributed by atoms with Crippen LogP contribution in [0.15, 0.2) is 78.9 Å². The Labute approximate surface area is 167 Å². The third kappa shape index (κ3) is 5.03. The van der Waals surface area contributed by atoms with E-state index in [2.05, 4.69) is 5.32 Å². The number of anilines is 1. The lowest BCUT2D eigenvalue weighted by molar-refractivity contribution is -0.384. The number of halogens is 1. The van der Waals surface area contributed by atoms with Gasteiger partial charge in [-0.1, -0.05) is 60.7 Å². The summed E-state index contributed by atoms with van der Waals surface area (Å²) in [5.74, 6) is -1.17. The molecule has 3 rings (SSSR count). The molecule has 0 spiro atoms. The summed E-state index contributed by atoms with van der Waals surface area (Å²) < 4.78 is 13.3. The molecule has 0 aliphatic carbocycles. The first-order valence-corrected chi connectivity index (χ1v) is 8.99. The van der Waals surface area contributed by atoms with Crippen LogP contribution in [0.3, 0.4) is 0 Å². The molecule has 148 valence electrons. The molecule has 0 unspecified atom stereocenters. The van der Waals surface area contributed by atoms with Gasteiger partial charge in [0.1, 0.15) is 11.5 Å². The molecular formula is C22H20FN3O3. The Hall–Kier alpha value is -3.58. The van der Waals surface area contributed by atoms with Gasteiger partial charge in [-0.15, -0.1) is 0 Å². The summed E-state index contributed by atoms with van der Waals surface area (Å²) in [4.78, 5) is 24.8. The minimum absolute atomic E-state index is 0.0109. The van der Waals surface area contributed by atoms with Gasteiger partial charge in [0.2, 0.25) is 5.91 Å². The van der Waals surface area contributed by atoms with Crippen LogP contribution in [0.1, 0.15) is 17.2 Å². The number of benzene rings is 3. The number of carbonyl (C=O) groups excluding carboxylic acids is 1. The van der Waals surface area contributed by atoms with E-state index in [-0.39, 0.29) is 18.3 Å². The second-order valence-corrected chi connectivity index (χ2v) is 6.61. The van der Waals surface area contributed by atoms with E-state index >= 15 is 0 Å². The van der Waals surface area contributed by atoms with Crippen LogP contribution in [-0.2, 0) is 4.79 Å². The topological polar surface area (TPSA) is 75.5 Å². The Kier molecular flexibility index (Phi) is 6.31. The van der Waals surface area contributed by atoms with E-state index in [0.717, 1.165) is 23.3 Å². The minimum atomic E-state index is -0.736. The molecule has 0 saturated carbocycles. The molecule has 0 saturated heterocycles. The van der Waals surface area contributed by atoms with Gasteiger partial charge in [-0.3, -0.25) is 19.8 Å². The highest BCUT2D eigenvalue weighted by Gasteiger charge is 2.23. The zero-order valence-corrected chi connectivity index (χ0v) is 15.8. The van der Waals surface area contributed by atoms with Crippen molar-refractivity contribution >= 4 is 17.3 Å². The number of likely N-dealkylation sites (N-methyl/N-ethyl adjacent to an activating group) is 1. The van der Waals surface area contributed by atoms with Gasteiger partial charge >= 0.3 is 0 Å². The molecule has 0 aliphatic rings. The van der Waals surface area contributed by atoms with Crippen molar-refractivity contribution < 1.29 is 14.1 Å². The summed E-state index contributed by atoms with van der Waals surface area (Å²) >= 11 is 0. The first kappa shape index (κ1) is 20.2. The highest BCUT2D eigenvalue weighted by Crippen LogP contribution is 2.28. The monoisotopic (exact) mass is 393 g/mol. The maximum absolute atomic E-state index is 13.3. The number of nitro benzene ring substituents is 1. The molecule has 1 N–H and O–H groups in total. The highest BCUT2D eigenvalue weighted by molar-refractivity contribution is 5.94. The maximum Gasteiger partial charge on any atom is 0.295 e. The van der Waals surface area contributed by atoms with E-state index in [1.54, 1.807) is 0 Å². The Morgan fingerprint density at radius 1 is 1.03 bits per heavy atom. The summed E-state index contributed by atoms with van der Waals surface area (Å²) in [6.45, 7) is -0.0109. The van der Waals surface area contributed by atoms with E-state index in [1.807, 2.05) is 72.6 Å². The lowest BCUT2D eigenvalue weighted by atomic mass is 9.97. The predicted octanol–water partition coefficient (Wildman–Crippen LogP) is 4.39. The number of rotatable bonds is 7. The van der Waals surface area contributed by atoms with Gasteiger partial charge in [0.05, 0.1) is 23.6 Å². The van der Waals surface area contributed by atoms with Crippen LogP contribution < -0.4 is 5.32 Å². The van der Waals surface area contributed by atoms with Crippen LogP contribution in [-0.4, -0.2) is 29.3 Å². The summed E-state index contributed by atoms with van der Waals surface area (Å²) in [5.41, 5.74) is 1.51. The van der Waals surface area contributed by atoms with Gasteiger partial charge in [-0.2, -0.15) is 0 Å². The van der Waals surface area contributed by atoms with Crippen LogP contribution in [0, 0.1) is 15.9 Å². The molecule has 7 heteroatoms.